The normalized spacial score (nSPS) is 13.9. The van der Waals surface area contributed by atoms with E-state index in [0.29, 0.717) is 18.9 Å². The van der Waals surface area contributed by atoms with Crippen LogP contribution in [0.25, 0.3) is 0 Å². The molecule has 1 rings (SSSR count). The van der Waals surface area contributed by atoms with Crippen LogP contribution >= 0.6 is 0 Å². The third kappa shape index (κ3) is 3.97. The fourth-order valence-electron chi connectivity index (χ4n) is 0.902. The topological polar surface area (TPSA) is 119 Å². The molecule has 0 saturated carbocycles. The highest BCUT2D eigenvalue weighted by Gasteiger charge is 2.10. The molecule has 0 aromatic carbocycles. The van der Waals surface area contributed by atoms with Crippen LogP contribution in [0.5, 0.6) is 0 Å². The standard InChI is InChI=1S/C6H16N8O/c1-8-2-3-14(7)6(15)9-4-5-10-12-13-11-5/h8,12-13H,2-4,7H2,1H3,(H,9,15)(H,10,11). The van der Waals surface area contributed by atoms with Crippen LogP contribution in [0, 0.1) is 0 Å². The Balaban J connectivity index is 2.16. The van der Waals surface area contributed by atoms with E-state index in [0.717, 1.165) is 5.01 Å². The van der Waals surface area contributed by atoms with E-state index < -0.39 is 0 Å². The summed E-state index contributed by atoms with van der Waals surface area (Å²) in [6, 6.07) is -0.346. The van der Waals surface area contributed by atoms with Gasteiger partial charge in [0, 0.05) is 6.54 Å². The highest BCUT2D eigenvalue weighted by Crippen LogP contribution is 1.80. The van der Waals surface area contributed by atoms with Crippen molar-refractivity contribution < 1.29 is 4.79 Å². The molecule has 2 amide bonds. The first-order valence-corrected chi connectivity index (χ1v) is 4.51. The van der Waals surface area contributed by atoms with Crippen molar-refractivity contribution in [3.63, 3.8) is 0 Å². The van der Waals surface area contributed by atoms with Gasteiger partial charge in [-0.2, -0.15) is 0 Å². The van der Waals surface area contributed by atoms with Gasteiger partial charge >= 0.3 is 6.03 Å². The number of nitrogens with zero attached hydrogens (tertiary/aromatic N) is 2. The number of nitrogens with two attached hydrogens (primary N) is 1. The number of hydrogen-bond donors (Lipinski definition) is 6. The van der Waals surface area contributed by atoms with Crippen LogP contribution in [-0.4, -0.2) is 43.6 Å². The summed E-state index contributed by atoms with van der Waals surface area (Å²) in [5.74, 6) is 6.07. The predicted molar refractivity (Wildman–Crippen MR) is 55.1 cm³/mol. The smallest absolute Gasteiger partial charge is 0.330 e. The SMILES string of the molecule is CNCCN(N)C(=O)NCC1=NNNN1. The molecule has 0 aliphatic carbocycles. The van der Waals surface area contributed by atoms with E-state index in [2.05, 4.69) is 32.2 Å². The largest absolute Gasteiger partial charge is 0.331 e. The molecule has 9 heteroatoms. The van der Waals surface area contributed by atoms with Gasteiger partial charge in [-0.1, -0.05) is 0 Å². The van der Waals surface area contributed by atoms with Gasteiger partial charge in [0.15, 0.2) is 5.84 Å². The number of carbonyl (C=O) groups excluding carboxylic acids is 1. The summed E-state index contributed by atoms with van der Waals surface area (Å²) < 4.78 is 0. The summed E-state index contributed by atoms with van der Waals surface area (Å²) in [7, 11) is 1.79. The van der Waals surface area contributed by atoms with Crippen LogP contribution in [0.2, 0.25) is 0 Å². The number of hydrazone groups is 1. The maximum Gasteiger partial charge on any atom is 0.331 e. The van der Waals surface area contributed by atoms with Gasteiger partial charge in [-0.15, -0.1) is 10.6 Å². The molecule has 7 N–H and O–H groups in total. The molecule has 15 heavy (non-hydrogen) atoms. The molecule has 0 aromatic rings. The Labute approximate surface area is 87.3 Å². The van der Waals surface area contributed by atoms with Crippen LogP contribution in [-0.2, 0) is 0 Å². The molecule has 0 atom stereocenters. The lowest BCUT2D eigenvalue weighted by molar-refractivity contribution is 0.201. The Kier molecular flexibility index (Phi) is 4.60. The monoisotopic (exact) mass is 216 g/mol. The molecule has 0 aromatic heterocycles. The summed E-state index contributed by atoms with van der Waals surface area (Å²) in [6.07, 6.45) is 0. The Morgan fingerprint density at radius 3 is 3.07 bits per heavy atom. The van der Waals surface area contributed by atoms with E-state index in [1.165, 1.54) is 0 Å². The second-order valence-corrected chi connectivity index (χ2v) is 2.88. The number of hydrogen-bond acceptors (Lipinski definition) is 7. The van der Waals surface area contributed by atoms with E-state index in [1.54, 1.807) is 7.05 Å². The maximum absolute atomic E-state index is 11.3. The predicted octanol–water partition coefficient (Wildman–Crippen LogP) is -2.98. The van der Waals surface area contributed by atoms with E-state index >= 15 is 0 Å². The van der Waals surface area contributed by atoms with Crippen LogP contribution in [0.3, 0.4) is 0 Å². The molecule has 0 radical (unpaired) electrons. The number of carbonyl (C=O) groups is 1. The zero-order chi connectivity index (χ0) is 11.1. The van der Waals surface area contributed by atoms with Crippen molar-refractivity contribution in [1.29, 1.82) is 0 Å². The first kappa shape index (κ1) is 11.5. The number of rotatable bonds is 5. The summed E-state index contributed by atoms with van der Waals surface area (Å²) in [4.78, 5) is 11.3. The molecule has 1 aliphatic heterocycles. The highest BCUT2D eigenvalue weighted by atomic mass is 16.2. The minimum absolute atomic E-state index is 0.284. The van der Waals surface area contributed by atoms with Gasteiger partial charge in [-0.05, 0) is 7.05 Å². The second kappa shape index (κ2) is 6.01. The molecule has 9 nitrogen and oxygen atoms in total. The quantitative estimate of drug-likeness (QED) is 0.166. The Bertz CT molecular complexity index is 241. The van der Waals surface area contributed by atoms with Crippen LogP contribution < -0.4 is 33.0 Å². The number of hydrazine groups is 3. The average molecular weight is 216 g/mol. The van der Waals surface area contributed by atoms with Gasteiger partial charge in [-0.3, -0.25) is 10.4 Å². The summed E-state index contributed by atoms with van der Waals surface area (Å²) >= 11 is 0. The molecule has 86 valence electrons. The molecule has 0 saturated heterocycles. The molecule has 1 heterocycles. The lowest BCUT2D eigenvalue weighted by Crippen LogP contribution is -2.49. The minimum atomic E-state index is -0.346. The first-order valence-electron chi connectivity index (χ1n) is 4.51. The number of nitrogens with one attached hydrogen (secondary N) is 5. The summed E-state index contributed by atoms with van der Waals surface area (Å²) in [5, 5.41) is 10.4. The Morgan fingerprint density at radius 1 is 1.67 bits per heavy atom. The number of likely N-dealkylation sites (N-methyl/N-ethyl adjacent to an activating group) is 1. The fourth-order valence-corrected chi connectivity index (χ4v) is 0.902. The second-order valence-electron chi connectivity index (χ2n) is 2.88. The third-order valence-electron chi connectivity index (χ3n) is 1.72. The summed E-state index contributed by atoms with van der Waals surface area (Å²) in [5.41, 5.74) is 7.73. The van der Waals surface area contributed by atoms with Crippen LogP contribution in [0.15, 0.2) is 5.10 Å². The average Bonchev–Trinajstić information content (AvgIpc) is 2.75. The minimum Gasteiger partial charge on any atom is -0.330 e. The number of amides is 2. The van der Waals surface area contributed by atoms with Gasteiger partial charge in [-0.25, -0.2) is 16.2 Å². The zero-order valence-electron chi connectivity index (χ0n) is 8.50. The van der Waals surface area contributed by atoms with E-state index in [4.69, 9.17) is 5.84 Å². The van der Waals surface area contributed by atoms with Gasteiger partial charge in [0.05, 0.1) is 13.1 Å². The van der Waals surface area contributed by atoms with Crippen molar-refractivity contribution in [3.05, 3.63) is 0 Å². The van der Waals surface area contributed by atoms with E-state index in [1.807, 2.05) is 0 Å². The Morgan fingerprint density at radius 2 is 2.47 bits per heavy atom. The molecule has 0 unspecified atom stereocenters. The van der Waals surface area contributed by atoms with Crippen molar-refractivity contribution in [2.45, 2.75) is 0 Å². The zero-order valence-corrected chi connectivity index (χ0v) is 8.50. The van der Waals surface area contributed by atoms with Crippen LogP contribution in [0.1, 0.15) is 0 Å². The van der Waals surface area contributed by atoms with E-state index in [9.17, 15) is 4.79 Å². The molecule has 1 aliphatic rings. The first-order chi connectivity index (χ1) is 7.24. The maximum atomic E-state index is 11.3. The van der Waals surface area contributed by atoms with E-state index in [-0.39, 0.29) is 12.6 Å². The molecular weight excluding hydrogens is 200 g/mol. The highest BCUT2D eigenvalue weighted by molar-refractivity contribution is 5.87. The van der Waals surface area contributed by atoms with Gasteiger partial charge in [0.25, 0.3) is 0 Å². The number of urea groups is 1. The van der Waals surface area contributed by atoms with Gasteiger partial charge in [0.1, 0.15) is 0 Å². The lowest BCUT2D eigenvalue weighted by atomic mass is 10.5. The molecule has 0 fully saturated rings. The van der Waals surface area contributed by atoms with Crippen molar-refractivity contribution in [1.82, 2.24) is 32.1 Å². The van der Waals surface area contributed by atoms with Crippen molar-refractivity contribution >= 4 is 11.9 Å². The third-order valence-corrected chi connectivity index (χ3v) is 1.72. The lowest BCUT2D eigenvalue weighted by Gasteiger charge is -2.16. The fraction of sp³-hybridized carbons (Fsp3) is 0.667. The van der Waals surface area contributed by atoms with Gasteiger partial charge < -0.3 is 10.6 Å². The van der Waals surface area contributed by atoms with Crippen molar-refractivity contribution in [2.75, 3.05) is 26.7 Å². The molecular formula is C6H16N8O. The molecule has 0 bridgehead atoms. The van der Waals surface area contributed by atoms with Crippen molar-refractivity contribution in [3.8, 4) is 0 Å². The Hall–Kier alpha value is -1.58. The van der Waals surface area contributed by atoms with Crippen molar-refractivity contribution in [2.24, 2.45) is 10.9 Å². The summed E-state index contributed by atoms with van der Waals surface area (Å²) in [6.45, 7) is 1.37. The van der Waals surface area contributed by atoms with Crippen LogP contribution in [0.4, 0.5) is 4.79 Å². The molecule has 0 spiro atoms. The van der Waals surface area contributed by atoms with Gasteiger partial charge in [0.2, 0.25) is 0 Å². The number of amidine groups is 1.